The van der Waals surface area contributed by atoms with E-state index in [4.69, 9.17) is 10.8 Å². The number of nitrogens with one attached hydrogen (secondary N) is 1. The normalized spacial score (nSPS) is 17.0. The van der Waals surface area contributed by atoms with E-state index in [9.17, 15) is 4.79 Å². The van der Waals surface area contributed by atoms with Gasteiger partial charge in [0.1, 0.15) is 0 Å². The molecule has 14 heavy (non-hydrogen) atoms. The highest BCUT2D eigenvalue weighted by Crippen LogP contribution is 1.88. The van der Waals surface area contributed by atoms with Gasteiger partial charge < -0.3 is 21.9 Å². The molecule has 0 aromatic carbocycles. The van der Waals surface area contributed by atoms with Crippen LogP contribution in [0.1, 0.15) is 0 Å². The predicted octanol–water partition coefficient (Wildman–Crippen LogP) is -2.12. The summed E-state index contributed by atoms with van der Waals surface area (Å²) in [6.45, 7) is 6.15. The molecule has 0 radical (unpaired) electrons. The fraction of sp³-hybridized carbons (Fsp3) is 0.875. The van der Waals surface area contributed by atoms with E-state index in [1.165, 1.54) is 0 Å². The number of carboxylic acids is 1. The standard InChI is InChI=1S/C6H15N3.C2H5NO2/c7-1-4-9-5-2-8-3-6-9;3-1-2(4)5/h8H,1-7H2;1,3H2,(H,4,5). The van der Waals surface area contributed by atoms with E-state index in [0.29, 0.717) is 0 Å². The average molecular weight is 204 g/mol. The molecule has 6 heteroatoms. The average Bonchev–Trinajstić information content (AvgIpc) is 2.21. The first-order valence-electron chi connectivity index (χ1n) is 4.75. The van der Waals surface area contributed by atoms with Gasteiger partial charge in [0.15, 0.2) is 0 Å². The summed E-state index contributed by atoms with van der Waals surface area (Å²) >= 11 is 0. The lowest BCUT2D eigenvalue weighted by molar-refractivity contribution is -0.135. The molecule has 1 aliphatic rings. The summed E-state index contributed by atoms with van der Waals surface area (Å²) in [5.74, 6) is -0.968. The minimum Gasteiger partial charge on any atom is -0.480 e. The summed E-state index contributed by atoms with van der Waals surface area (Å²) in [5, 5.41) is 10.9. The first-order valence-corrected chi connectivity index (χ1v) is 4.75. The maximum absolute atomic E-state index is 9.24. The molecular formula is C8H20N4O2. The van der Waals surface area contributed by atoms with Crippen LogP contribution in [0.25, 0.3) is 0 Å². The van der Waals surface area contributed by atoms with Crippen molar-refractivity contribution in [2.24, 2.45) is 11.5 Å². The first kappa shape index (κ1) is 13.3. The summed E-state index contributed by atoms with van der Waals surface area (Å²) in [4.78, 5) is 11.6. The number of hydrogen-bond acceptors (Lipinski definition) is 5. The van der Waals surface area contributed by atoms with Gasteiger partial charge in [0.05, 0.1) is 6.54 Å². The Morgan fingerprint density at radius 3 is 2.21 bits per heavy atom. The molecule has 1 saturated heterocycles. The molecule has 1 aliphatic heterocycles. The third-order valence-electron chi connectivity index (χ3n) is 1.83. The van der Waals surface area contributed by atoms with Crippen LogP contribution in [-0.2, 0) is 4.79 Å². The molecule has 0 saturated carbocycles. The summed E-state index contributed by atoms with van der Waals surface area (Å²) in [6, 6.07) is 0. The van der Waals surface area contributed by atoms with E-state index in [2.05, 4.69) is 16.0 Å². The Morgan fingerprint density at radius 1 is 1.36 bits per heavy atom. The summed E-state index contributed by atoms with van der Waals surface area (Å²) < 4.78 is 0. The Labute approximate surface area is 84.2 Å². The van der Waals surface area contributed by atoms with Crippen LogP contribution in [0, 0.1) is 0 Å². The van der Waals surface area contributed by atoms with Crippen LogP contribution in [0.4, 0.5) is 0 Å². The van der Waals surface area contributed by atoms with Crippen LogP contribution < -0.4 is 16.8 Å². The van der Waals surface area contributed by atoms with Crippen molar-refractivity contribution in [3.63, 3.8) is 0 Å². The summed E-state index contributed by atoms with van der Waals surface area (Å²) in [7, 11) is 0. The maximum atomic E-state index is 9.24. The van der Waals surface area contributed by atoms with Gasteiger partial charge in [-0.15, -0.1) is 0 Å². The Bertz CT molecular complexity index is 146. The molecule has 6 N–H and O–H groups in total. The maximum Gasteiger partial charge on any atom is 0.317 e. The lowest BCUT2D eigenvalue weighted by atomic mass is 10.3. The highest BCUT2D eigenvalue weighted by molar-refractivity contribution is 5.68. The number of piperazine rings is 1. The van der Waals surface area contributed by atoms with Crippen molar-refractivity contribution in [3.8, 4) is 0 Å². The van der Waals surface area contributed by atoms with Crippen LogP contribution in [0.2, 0.25) is 0 Å². The van der Waals surface area contributed by atoms with Crippen LogP contribution in [-0.4, -0.2) is 61.8 Å². The molecule has 0 aromatic heterocycles. The Balaban J connectivity index is 0.000000292. The van der Waals surface area contributed by atoms with Gasteiger partial charge in [-0.2, -0.15) is 0 Å². The second-order valence-electron chi connectivity index (χ2n) is 2.98. The molecule has 0 unspecified atom stereocenters. The largest absolute Gasteiger partial charge is 0.480 e. The van der Waals surface area contributed by atoms with E-state index in [-0.39, 0.29) is 6.54 Å². The number of carbonyl (C=O) groups is 1. The second-order valence-corrected chi connectivity index (χ2v) is 2.98. The molecule has 1 heterocycles. The van der Waals surface area contributed by atoms with Crippen molar-refractivity contribution >= 4 is 5.97 Å². The summed E-state index contributed by atoms with van der Waals surface area (Å²) in [5.41, 5.74) is 9.97. The number of nitrogens with zero attached hydrogens (tertiary/aromatic N) is 1. The van der Waals surface area contributed by atoms with Crippen LogP contribution in [0.5, 0.6) is 0 Å². The van der Waals surface area contributed by atoms with Crippen molar-refractivity contribution in [1.82, 2.24) is 10.2 Å². The Morgan fingerprint density at radius 2 is 1.86 bits per heavy atom. The zero-order valence-electron chi connectivity index (χ0n) is 8.41. The van der Waals surface area contributed by atoms with Gasteiger partial charge in [-0.3, -0.25) is 9.69 Å². The molecule has 0 aliphatic carbocycles. The second kappa shape index (κ2) is 8.89. The van der Waals surface area contributed by atoms with E-state index >= 15 is 0 Å². The molecule has 0 spiro atoms. The molecule has 1 fully saturated rings. The van der Waals surface area contributed by atoms with Gasteiger partial charge >= 0.3 is 5.97 Å². The lowest BCUT2D eigenvalue weighted by Gasteiger charge is -2.26. The van der Waals surface area contributed by atoms with Crippen molar-refractivity contribution < 1.29 is 9.90 Å². The smallest absolute Gasteiger partial charge is 0.317 e. The molecule has 0 atom stereocenters. The number of nitrogens with two attached hydrogens (primary N) is 2. The lowest BCUT2D eigenvalue weighted by Crippen LogP contribution is -2.45. The fourth-order valence-corrected chi connectivity index (χ4v) is 1.12. The fourth-order valence-electron chi connectivity index (χ4n) is 1.12. The van der Waals surface area contributed by atoms with Crippen molar-refractivity contribution in [2.75, 3.05) is 45.8 Å². The minimum atomic E-state index is -0.968. The van der Waals surface area contributed by atoms with Gasteiger partial charge in [-0.05, 0) is 0 Å². The number of rotatable bonds is 3. The molecule has 84 valence electrons. The Kier molecular flexibility index (Phi) is 8.45. The zero-order chi connectivity index (χ0) is 10.8. The monoisotopic (exact) mass is 204 g/mol. The highest BCUT2D eigenvalue weighted by atomic mass is 16.4. The van der Waals surface area contributed by atoms with Gasteiger partial charge in [-0.25, -0.2) is 0 Å². The molecular weight excluding hydrogens is 184 g/mol. The molecule has 6 nitrogen and oxygen atoms in total. The number of aliphatic carboxylic acids is 1. The van der Waals surface area contributed by atoms with E-state index in [0.717, 1.165) is 39.3 Å². The number of hydrogen-bond donors (Lipinski definition) is 4. The van der Waals surface area contributed by atoms with Gasteiger partial charge in [-0.1, -0.05) is 0 Å². The van der Waals surface area contributed by atoms with Crippen molar-refractivity contribution in [3.05, 3.63) is 0 Å². The van der Waals surface area contributed by atoms with Crippen LogP contribution >= 0.6 is 0 Å². The van der Waals surface area contributed by atoms with Crippen LogP contribution in [0.3, 0.4) is 0 Å². The molecule has 0 aromatic rings. The predicted molar refractivity (Wildman–Crippen MR) is 55.1 cm³/mol. The Hall–Kier alpha value is -0.690. The number of carboxylic acid groups (broad SMARTS) is 1. The van der Waals surface area contributed by atoms with E-state index in [1.54, 1.807) is 0 Å². The first-order chi connectivity index (χ1) is 6.70. The van der Waals surface area contributed by atoms with Gasteiger partial charge in [0.25, 0.3) is 0 Å². The third kappa shape index (κ3) is 7.93. The quantitative estimate of drug-likeness (QED) is 0.419. The van der Waals surface area contributed by atoms with Gasteiger partial charge in [0, 0.05) is 39.3 Å². The molecule has 0 amide bonds. The molecule has 0 bridgehead atoms. The van der Waals surface area contributed by atoms with Crippen molar-refractivity contribution in [2.45, 2.75) is 0 Å². The third-order valence-corrected chi connectivity index (χ3v) is 1.83. The van der Waals surface area contributed by atoms with Crippen molar-refractivity contribution in [1.29, 1.82) is 0 Å². The summed E-state index contributed by atoms with van der Waals surface area (Å²) in [6.07, 6.45) is 0. The topological polar surface area (TPSA) is 105 Å². The highest BCUT2D eigenvalue weighted by Gasteiger charge is 2.06. The minimum absolute atomic E-state index is 0.278. The molecule has 1 rings (SSSR count). The van der Waals surface area contributed by atoms with E-state index < -0.39 is 5.97 Å². The SMILES string of the molecule is NCC(=O)O.NCCN1CCNCC1. The zero-order valence-corrected chi connectivity index (χ0v) is 8.41. The van der Waals surface area contributed by atoms with Gasteiger partial charge in [0.2, 0.25) is 0 Å². The van der Waals surface area contributed by atoms with Crippen LogP contribution in [0.15, 0.2) is 0 Å². The van der Waals surface area contributed by atoms with E-state index in [1.807, 2.05) is 0 Å².